The minimum atomic E-state index is 0.610. The lowest BCUT2D eigenvalue weighted by Gasteiger charge is -2.34. The summed E-state index contributed by atoms with van der Waals surface area (Å²) in [7, 11) is 0. The predicted octanol–water partition coefficient (Wildman–Crippen LogP) is 4.20. The van der Waals surface area contributed by atoms with E-state index < -0.39 is 0 Å². The highest BCUT2D eigenvalue weighted by Gasteiger charge is 2.24. The monoisotopic (exact) mass is 229 g/mol. The molecule has 1 aliphatic carbocycles. The largest absolute Gasteiger partial charge is 0.382 e. The number of halogens is 2. The van der Waals surface area contributed by atoms with Crippen LogP contribution in [0.15, 0.2) is 18.2 Å². The minimum Gasteiger partial charge on any atom is -0.382 e. The Morgan fingerprint density at radius 3 is 2.50 bits per heavy atom. The topological polar surface area (TPSA) is 12.0 Å². The average molecular weight is 230 g/mol. The number of nitrogens with one attached hydrogen (secondary N) is 1. The van der Waals surface area contributed by atoms with Crippen molar-refractivity contribution in [3.05, 3.63) is 28.2 Å². The first kappa shape index (κ1) is 10.1. The van der Waals surface area contributed by atoms with Gasteiger partial charge in [-0.2, -0.15) is 0 Å². The van der Waals surface area contributed by atoms with Gasteiger partial charge in [0.1, 0.15) is 0 Å². The van der Waals surface area contributed by atoms with Crippen molar-refractivity contribution in [3.63, 3.8) is 0 Å². The van der Waals surface area contributed by atoms with Crippen molar-refractivity contribution in [3.8, 4) is 0 Å². The maximum Gasteiger partial charge on any atom is 0.0612 e. The zero-order chi connectivity index (χ0) is 10.1. The fourth-order valence-electron chi connectivity index (χ4n) is 1.84. The molecule has 0 heterocycles. The van der Waals surface area contributed by atoms with Gasteiger partial charge in [0.25, 0.3) is 0 Å². The van der Waals surface area contributed by atoms with Crippen LogP contribution in [0.4, 0.5) is 5.69 Å². The second kappa shape index (κ2) is 4.00. The predicted molar refractivity (Wildman–Crippen MR) is 62.3 cm³/mol. The molecule has 76 valence electrons. The zero-order valence-corrected chi connectivity index (χ0v) is 9.57. The van der Waals surface area contributed by atoms with Gasteiger partial charge in [0, 0.05) is 11.7 Å². The molecule has 1 fully saturated rings. The van der Waals surface area contributed by atoms with Crippen molar-refractivity contribution < 1.29 is 0 Å². The first-order valence-corrected chi connectivity index (χ1v) is 5.62. The molecule has 1 aromatic carbocycles. The lowest BCUT2D eigenvalue weighted by Crippen LogP contribution is -2.33. The molecule has 1 aliphatic rings. The average Bonchev–Trinajstić information content (AvgIpc) is 2.09. The molecule has 2 rings (SSSR count). The molecule has 3 heteroatoms. The fourth-order valence-corrected chi connectivity index (χ4v) is 2.14. The zero-order valence-electron chi connectivity index (χ0n) is 8.06. The van der Waals surface area contributed by atoms with E-state index in [0.717, 1.165) is 11.6 Å². The number of benzene rings is 1. The molecule has 1 aromatic rings. The van der Waals surface area contributed by atoms with E-state index in [-0.39, 0.29) is 0 Å². The fraction of sp³-hybridized carbons (Fsp3) is 0.455. The van der Waals surface area contributed by atoms with E-state index in [9.17, 15) is 0 Å². The normalized spacial score (nSPS) is 25.6. The van der Waals surface area contributed by atoms with Crippen LogP contribution in [0.1, 0.15) is 19.8 Å². The molecule has 1 nitrogen and oxygen atoms in total. The summed E-state index contributed by atoms with van der Waals surface area (Å²) in [6.07, 6.45) is 2.50. The van der Waals surface area contributed by atoms with Crippen LogP contribution in [0.2, 0.25) is 10.0 Å². The third kappa shape index (κ3) is 2.15. The van der Waals surface area contributed by atoms with Gasteiger partial charge in [-0.25, -0.2) is 0 Å². The summed E-state index contributed by atoms with van der Waals surface area (Å²) < 4.78 is 0. The second-order valence-electron chi connectivity index (χ2n) is 4.05. The van der Waals surface area contributed by atoms with Crippen LogP contribution in [-0.4, -0.2) is 6.04 Å². The quantitative estimate of drug-likeness (QED) is 0.802. The molecule has 0 radical (unpaired) electrons. The van der Waals surface area contributed by atoms with Gasteiger partial charge in [-0.3, -0.25) is 0 Å². The second-order valence-corrected chi connectivity index (χ2v) is 4.86. The Morgan fingerprint density at radius 2 is 1.93 bits per heavy atom. The van der Waals surface area contributed by atoms with Crippen molar-refractivity contribution in [2.24, 2.45) is 5.92 Å². The highest BCUT2D eigenvalue weighted by molar-refractivity contribution is 6.42. The van der Waals surface area contributed by atoms with Crippen LogP contribution in [0.5, 0.6) is 0 Å². The van der Waals surface area contributed by atoms with Gasteiger partial charge in [-0.15, -0.1) is 0 Å². The van der Waals surface area contributed by atoms with Gasteiger partial charge in [-0.05, 0) is 37.0 Å². The van der Waals surface area contributed by atoms with Crippen molar-refractivity contribution in [2.45, 2.75) is 25.8 Å². The lowest BCUT2D eigenvalue weighted by atomic mass is 9.82. The molecule has 1 N–H and O–H groups in total. The van der Waals surface area contributed by atoms with E-state index in [1.807, 2.05) is 18.2 Å². The summed E-state index contributed by atoms with van der Waals surface area (Å²) in [4.78, 5) is 0. The Balaban J connectivity index is 2.00. The number of rotatable bonds is 2. The first-order valence-electron chi connectivity index (χ1n) is 4.87. The molecule has 0 aliphatic heterocycles. The van der Waals surface area contributed by atoms with E-state index in [0.29, 0.717) is 16.1 Å². The van der Waals surface area contributed by atoms with E-state index >= 15 is 0 Å². The number of hydrogen-bond acceptors (Lipinski definition) is 1. The molecule has 0 spiro atoms. The highest BCUT2D eigenvalue weighted by Crippen LogP contribution is 2.31. The van der Waals surface area contributed by atoms with E-state index in [1.54, 1.807) is 0 Å². The number of hydrogen-bond donors (Lipinski definition) is 1. The van der Waals surface area contributed by atoms with Crippen molar-refractivity contribution in [2.75, 3.05) is 5.32 Å². The Morgan fingerprint density at radius 1 is 1.21 bits per heavy atom. The molecular formula is C11H13Cl2N. The van der Waals surface area contributed by atoms with E-state index in [2.05, 4.69) is 12.2 Å². The SMILES string of the molecule is CC1CC(Nc2ccc(Cl)c(Cl)c2)C1. The van der Waals surface area contributed by atoms with Crippen molar-refractivity contribution >= 4 is 28.9 Å². The van der Waals surface area contributed by atoms with Crippen molar-refractivity contribution in [1.82, 2.24) is 0 Å². The molecule has 14 heavy (non-hydrogen) atoms. The molecule has 1 saturated carbocycles. The standard InChI is InChI=1S/C11H13Cl2N/c1-7-4-9(5-7)14-8-2-3-10(12)11(13)6-8/h2-3,6-7,9,14H,4-5H2,1H3. The molecule has 0 bridgehead atoms. The minimum absolute atomic E-state index is 0.610. The van der Waals surface area contributed by atoms with Gasteiger partial charge in [0.05, 0.1) is 10.0 Å². The van der Waals surface area contributed by atoms with Crippen LogP contribution in [-0.2, 0) is 0 Å². The maximum atomic E-state index is 5.92. The summed E-state index contributed by atoms with van der Waals surface area (Å²) in [6, 6.07) is 6.29. The summed E-state index contributed by atoms with van der Waals surface area (Å²) in [5.74, 6) is 0.857. The van der Waals surface area contributed by atoms with Gasteiger partial charge < -0.3 is 5.32 Å². The van der Waals surface area contributed by atoms with E-state index in [1.165, 1.54) is 12.8 Å². The Hall–Kier alpha value is -0.400. The lowest BCUT2D eigenvalue weighted by molar-refractivity contribution is 0.309. The molecule has 0 aromatic heterocycles. The summed E-state index contributed by atoms with van der Waals surface area (Å²) in [6.45, 7) is 2.27. The summed E-state index contributed by atoms with van der Waals surface area (Å²) in [5, 5.41) is 4.66. The van der Waals surface area contributed by atoms with Crippen LogP contribution in [0.3, 0.4) is 0 Å². The van der Waals surface area contributed by atoms with Gasteiger partial charge >= 0.3 is 0 Å². The number of anilines is 1. The Bertz CT molecular complexity index is 332. The molecule has 0 saturated heterocycles. The van der Waals surface area contributed by atoms with E-state index in [4.69, 9.17) is 23.2 Å². The van der Waals surface area contributed by atoms with Crippen molar-refractivity contribution in [1.29, 1.82) is 0 Å². The van der Waals surface area contributed by atoms with Crippen LogP contribution < -0.4 is 5.32 Å². The van der Waals surface area contributed by atoms with Gasteiger partial charge in [-0.1, -0.05) is 30.1 Å². The Labute approximate surface area is 94.4 Å². The van der Waals surface area contributed by atoms with Crippen LogP contribution in [0.25, 0.3) is 0 Å². The Kier molecular flexibility index (Phi) is 2.89. The third-order valence-electron chi connectivity index (χ3n) is 2.66. The highest BCUT2D eigenvalue weighted by atomic mass is 35.5. The molecular weight excluding hydrogens is 217 g/mol. The summed E-state index contributed by atoms with van der Waals surface area (Å²) >= 11 is 11.7. The molecule has 0 amide bonds. The van der Waals surface area contributed by atoms with Crippen LogP contribution >= 0.6 is 23.2 Å². The third-order valence-corrected chi connectivity index (χ3v) is 3.40. The molecule has 0 unspecified atom stereocenters. The smallest absolute Gasteiger partial charge is 0.0612 e. The maximum absolute atomic E-state index is 5.92. The van der Waals surface area contributed by atoms with Gasteiger partial charge in [0.15, 0.2) is 0 Å². The van der Waals surface area contributed by atoms with Gasteiger partial charge in [0.2, 0.25) is 0 Å². The first-order chi connectivity index (χ1) is 6.65. The summed E-state index contributed by atoms with van der Waals surface area (Å²) in [5.41, 5.74) is 1.07. The van der Waals surface area contributed by atoms with Crippen LogP contribution in [0, 0.1) is 5.92 Å². The molecule has 0 atom stereocenters.